The SMILES string of the molecule is C=C[C@H](C(=O)CC[C@@H](C)CO)[C@H]1C(=O)C[C@@H]2[C@]1(C)CC[C@H]1[C@@]2(C)CC=C2CC(O[C@@H]3OC(CO)C(O[C@@H]4OC(C)[C@H](O)C(O)C4O)=C(O)C3O[C@@H]3OC(O)[C@H](O)C(O)C3O)CC[C@@]21C. The Morgan fingerprint density at radius 1 is 0.859 bits per heavy atom. The number of ketones is 2. The Hall–Kier alpha value is -2.40. The van der Waals surface area contributed by atoms with Gasteiger partial charge >= 0.3 is 0 Å². The minimum Gasteiger partial charge on any atom is -0.506 e. The summed E-state index contributed by atoms with van der Waals surface area (Å²) in [6.45, 7) is 13.3. The smallest absolute Gasteiger partial charge is 0.228 e. The first-order chi connectivity index (χ1) is 30.1. The molecule has 9 unspecified atom stereocenters. The van der Waals surface area contributed by atoms with Crippen molar-refractivity contribution in [3.05, 3.63) is 35.8 Å². The van der Waals surface area contributed by atoms with Crippen molar-refractivity contribution >= 4 is 11.6 Å². The van der Waals surface area contributed by atoms with E-state index in [9.17, 15) is 60.7 Å². The van der Waals surface area contributed by atoms with Crippen LogP contribution in [0.25, 0.3) is 0 Å². The largest absolute Gasteiger partial charge is 0.506 e. The van der Waals surface area contributed by atoms with Crippen LogP contribution in [0.4, 0.5) is 0 Å². The number of aliphatic hydroxyl groups is 10. The minimum absolute atomic E-state index is 0.00459. The molecule has 3 aliphatic heterocycles. The predicted molar refractivity (Wildman–Crippen MR) is 222 cm³/mol. The molecule has 18 nitrogen and oxygen atoms in total. The summed E-state index contributed by atoms with van der Waals surface area (Å²) in [5.74, 6) is -1.97. The maximum atomic E-state index is 14.1. The summed E-state index contributed by atoms with van der Waals surface area (Å²) in [6, 6.07) is 0. The van der Waals surface area contributed by atoms with Crippen molar-refractivity contribution in [1.82, 2.24) is 0 Å². The highest BCUT2D eigenvalue weighted by molar-refractivity contribution is 5.93. The van der Waals surface area contributed by atoms with Crippen molar-refractivity contribution in [2.45, 2.75) is 179 Å². The third kappa shape index (κ3) is 8.56. The summed E-state index contributed by atoms with van der Waals surface area (Å²) in [6.07, 6.45) is -13.4. The number of aliphatic hydroxyl groups excluding tert-OH is 10. The lowest BCUT2D eigenvalue weighted by Gasteiger charge is -2.63. The first kappa shape index (κ1) is 49.5. The summed E-state index contributed by atoms with van der Waals surface area (Å²) in [5, 5.41) is 105. The molecule has 10 N–H and O–H groups in total. The average Bonchev–Trinajstić information content (AvgIpc) is 3.54. The molecule has 3 saturated carbocycles. The van der Waals surface area contributed by atoms with Gasteiger partial charge in [0, 0.05) is 31.3 Å². The fourth-order valence-electron chi connectivity index (χ4n) is 12.6. The van der Waals surface area contributed by atoms with Crippen molar-refractivity contribution in [1.29, 1.82) is 0 Å². The molecular formula is C46H70O18. The molecule has 0 radical (unpaired) electrons. The Balaban J connectivity index is 1.12. The quantitative estimate of drug-likeness (QED) is 0.108. The highest BCUT2D eigenvalue weighted by Gasteiger charge is 2.67. The lowest BCUT2D eigenvalue weighted by molar-refractivity contribution is -0.367. The van der Waals surface area contributed by atoms with Crippen molar-refractivity contribution in [3.63, 3.8) is 0 Å². The minimum atomic E-state index is -2.00. The van der Waals surface area contributed by atoms with Gasteiger partial charge in [0.15, 0.2) is 36.5 Å². The van der Waals surface area contributed by atoms with Gasteiger partial charge in [-0.25, -0.2) is 0 Å². The normalized spacial score (nSPS) is 48.1. The molecule has 5 fully saturated rings. The fraction of sp³-hybridized carbons (Fsp3) is 0.826. The zero-order valence-corrected chi connectivity index (χ0v) is 37.3. The molecule has 362 valence electrons. The van der Waals surface area contributed by atoms with Gasteiger partial charge in [0.05, 0.1) is 18.8 Å². The Morgan fingerprint density at radius 3 is 2.22 bits per heavy atom. The van der Waals surface area contributed by atoms with Crippen LogP contribution in [0.5, 0.6) is 0 Å². The number of hydrogen-bond acceptors (Lipinski definition) is 18. The summed E-state index contributed by atoms with van der Waals surface area (Å²) in [7, 11) is 0. The van der Waals surface area contributed by atoms with E-state index in [2.05, 4.69) is 33.4 Å². The first-order valence-corrected chi connectivity index (χ1v) is 22.9. The van der Waals surface area contributed by atoms with Crippen LogP contribution >= 0.6 is 0 Å². The van der Waals surface area contributed by atoms with E-state index in [0.717, 1.165) is 18.4 Å². The molecule has 4 aliphatic carbocycles. The third-order valence-electron chi connectivity index (χ3n) is 16.5. The summed E-state index contributed by atoms with van der Waals surface area (Å²) in [5.41, 5.74) is 0.234. The average molecular weight is 911 g/mol. The van der Waals surface area contributed by atoms with Crippen LogP contribution in [-0.4, -0.2) is 162 Å². The van der Waals surface area contributed by atoms with Gasteiger partial charge < -0.3 is 79.5 Å². The standard InChI is InChI=1S/C46H70O18/c1-7-24(25(49)9-8-20(2)18-47)30-26(50)17-29-45(5)13-10-22-16-23(11-14-44(22,4)28(45)12-15-46(29,30)6)60-43-39(63-42-36(56)33(53)34(54)40(58)64-42)37(57)38(27(19-48)61-43)62-41-35(55)32(52)31(51)21(3)59-41/h7,10,20-21,23-24,27-36,39-43,47-48,51-58H,1,8-9,11-19H2,2-6H3/t20-,21?,23?,24-,27?,28-,29+,30+,31+,32?,33?,34-,35?,36?,39?,40?,41+,42-,43-,44+,45-,46+/m1/s1. The van der Waals surface area contributed by atoms with Gasteiger partial charge in [-0.1, -0.05) is 45.4 Å². The number of fused-ring (bicyclic) bond motifs is 5. The van der Waals surface area contributed by atoms with Gasteiger partial charge in [0.1, 0.15) is 54.3 Å². The van der Waals surface area contributed by atoms with E-state index >= 15 is 0 Å². The van der Waals surface area contributed by atoms with E-state index < -0.39 is 122 Å². The number of rotatable bonds is 14. The summed E-state index contributed by atoms with van der Waals surface area (Å²) in [4.78, 5) is 27.7. The second kappa shape index (κ2) is 18.9. The van der Waals surface area contributed by atoms with Crippen LogP contribution in [0.2, 0.25) is 0 Å². The molecule has 0 spiro atoms. The van der Waals surface area contributed by atoms with Crippen molar-refractivity contribution < 1.29 is 89.1 Å². The molecule has 0 aromatic rings. The van der Waals surface area contributed by atoms with Gasteiger partial charge in [-0.2, -0.15) is 0 Å². The van der Waals surface area contributed by atoms with E-state index in [1.165, 1.54) is 6.92 Å². The van der Waals surface area contributed by atoms with Gasteiger partial charge in [-0.3, -0.25) is 9.59 Å². The van der Waals surface area contributed by atoms with E-state index in [-0.39, 0.29) is 53.2 Å². The predicted octanol–water partition coefficient (Wildman–Crippen LogP) is 0.773. The highest BCUT2D eigenvalue weighted by Crippen LogP contribution is 2.71. The van der Waals surface area contributed by atoms with E-state index in [1.54, 1.807) is 6.08 Å². The van der Waals surface area contributed by atoms with Crippen LogP contribution in [-0.2, 0) is 38.0 Å². The Kier molecular flexibility index (Phi) is 14.7. The maximum Gasteiger partial charge on any atom is 0.228 e. The van der Waals surface area contributed by atoms with Gasteiger partial charge in [-0.15, -0.1) is 6.58 Å². The van der Waals surface area contributed by atoms with Gasteiger partial charge in [-0.05, 0) is 85.9 Å². The highest BCUT2D eigenvalue weighted by atomic mass is 16.8. The Bertz CT molecular complexity index is 1790. The van der Waals surface area contributed by atoms with Crippen LogP contribution < -0.4 is 0 Å². The zero-order valence-electron chi connectivity index (χ0n) is 37.3. The van der Waals surface area contributed by atoms with Crippen molar-refractivity contribution in [2.24, 2.45) is 45.8 Å². The van der Waals surface area contributed by atoms with Gasteiger partial charge in [0.2, 0.25) is 6.29 Å². The monoisotopic (exact) mass is 910 g/mol. The third-order valence-corrected chi connectivity index (χ3v) is 16.5. The molecular weight excluding hydrogens is 840 g/mol. The van der Waals surface area contributed by atoms with Crippen LogP contribution in [0.1, 0.15) is 92.4 Å². The molecule has 22 atom stereocenters. The van der Waals surface area contributed by atoms with Crippen LogP contribution in [0.15, 0.2) is 35.8 Å². The van der Waals surface area contributed by atoms with Crippen molar-refractivity contribution in [3.8, 4) is 0 Å². The van der Waals surface area contributed by atoms with Crippen LogP contribution in [0.3, 0.4) is 0 Å². The molecule has 3 heterocycles. The van der Waals surface area contributed by atoms with E-state index in [4.69, 9.17) is 28.4 Å². The molecule has 18 heteroatoms. The van der Waals surface area contributed by atoms with Crippen LogP contribution in [0, 0.1) is 45.8 Å². The molecule has 0 amide bonds. The molecule has 2 saturated heterocycles. The molecule has 0 aromatic heterocycles. The number of carbonyl (C=O) groups excluding carboxylic acids is 2. The zero-order chi connectivity index (χ0) is 46.8. The molecule has 7 aliphatic rings. The second-order valence-electron chi connectivity index (χ2n) is 20.4. The number of allylic oxidation sites excluding steroid dienone is 2. The number of carbonyl (C=O) groups is 2. The number of hydrogen-bond donors (Lipinski definition) is 10. The Labute approximate surface area is 373 Å². The molecule has 64 heavy (non-hydrogen) atoms. The van der Waals surface area contributed by atoms with Crippen molar-refractivity contribution in [2.75, 3.05) is 13.2 Å². The molecule has 7 rings (SSSR count). The lowest BCUT2D eigenvalue weighted by atomic mass is 9.41. The first-order valence-electron chi connectivity index (χ1n) is 22.9. The maximum absolute atomic E-state index is 14.1. The number of Topliss-reactive ketones (excluding diaryl/α,β-unsaturated/α-hetero) is 2. The summed E-state index contributed by atoms with van der Waals surface area (Å²) < 4.78 is 35.3. The van der Waals surface area contributed by atoms with E-state index in [0.29, 0.717) is 38.5 Å². The fourth-order valence-corrected chi connectivity index (χ4v) is 12.6. The lowest BCUT2D eigenvalue weighted by Crippen LogP contribution is -2.60. The van der Waals surface area contributed by atoms with Gasteiger partial charge in [0.25, 0.3) is 0 Å². The topological polar surface area (TPSA) is 292 Å². The van der Waals surface area contributed by atoms with E-state index in [1.807, 2.05) is 6.92 Å². The summed E-state index contributed by atoms with van der Waals surface area (Å²) >= 11 is 0. The second-order valence-corrected chi connectivity index (χ2v) is 20.4. The number of ether oxygens (including phenoxy) is 6. The Morgan fingerprint density at radius 2 is 1.55 bits per heavy atom. The molecule has 0 bridgehead atoms. The molecule has 0 aromatic carbocycles.